The van der Waals surface area contributed by atoms with Gasteiger partial charge in [0.15, 0.2) is 0 Å². The molecule has 2 aromatic heterocycles. The average Bonchev–Trinajstić information content (AvgIpc) is 3.02. The molecule has 0 saturated carbocycles. The normalized spacial score (nSPS) is 12.9. The van der Waals surface area contributed by atoms with Crippen molar-refractivity contribution in [2.45, 2.75) is 26.0 Å². The summed E-state index contributed by atoms with van der Waals surface area (Å²) in [4.78, 5) is 0.949. The SMILES string of the molecule is CCCn1ncc(Br)c1C(O)c1cc2ccccc2s1. The summed E-state index contributed by atoms with van der Waals surface area (Å²) in [5.74, 6) is 0. The summed E-state index contributed by atoms with van der Waals surface area (Å²) in [5.41, 5.74) is 0.832. The molecule has 0 aliphatic rings. The molecule has 0 radical (unpaired) electrons. The van der Waals surface area contributed by atoms with Gasteiger partial charge in [-0.2, -0.15) is 5.10 Å². The van der Waals surface area contributed by atoms with E-state index in [4.69, 9.17) is 0 Å². The van der Waals surface area contributed by atoms with Crippen molar-refractivity contribution in [3.63, 3.8) is 0 Å². The highest BCUT2D eigenvalue weighted by Gasteiger charge is 2.21. The lowest BCUT2D eigenvalue weighted by molar-refractivity contribution is 0.210. The summed E-state index contributed by atoms with van der Waals surface area (Å²) in [6.07, 6.45) is 2.10. The minimum Gasteiger partial charge on any atom is -0.381 e. The second-order valence-corrected chi connectivity index (χ2v) is 6.66. The fourth-order valence-electron chi connectivity index (χ4n) is 2.31. The molecule has 3 nitrogen and oxygen atoms in total. The van der Waals surface area contributed by atoms with E-state index in [0.717, 1.165) is 28.0 Å². The van der Waals surface area contributed by atoms with Crippen molar-refractivity contribution in [3.05, 3.63) is 51.6 Å². The Hall–Kier alpha value is -1.17. The summed E-state index contributed by atoms with van der Waals surface area (Å²) < 4.78 is 3.93. The molecule has 1 aromatic carbocycles. The summed E-state index contributed by atoms with van der Waals surface area (Å²) in [6, 6.07) is 10.2. The van der Waals surface area contributed by atoms with Gasteiger partial charge in [0.25, 0.3) is 0 Å². The van der Waals surface area contributed by atoms with Gasteiger partial charge in [-0.1, -0.05) is 25.1 Å². The van der Waals surface area contributed by atoms with Crippen LogP contribution in [0.5, 0.6) is 0 Å². The van der Waals surface area contributed by atoms with E-state index in [9.17, 15) is 5.11 Å². The van der Waals surface area contributed by atoms with Crippen LogP contribution < -0.4 is 0 Å². The largest absolute Gasteiger partial charge is 0.381 e. The predicted molar refractivity (Wildman–Crippen MR) is 86.1 cm³/mol. The fourth-order valence-corrected chi connectivity index (χ4v) is 3.87. The van der Waals surface area contributed by atoms with Crippen LogP contribution in [0.4, 0.5) is 0 Å². The zero-order valence-electron chi connectivity index (χ0n) is 11.1. The van der Waals surface area contributed by atoms with Crippen molar-refractivity contribution in [2.24, 2.45) is 0 Å². The van der Waals surface area contributed by atoms with Crippen molar-refractivity contribution >= 4 is 37.4 Å². The molecule has 104 valence electrons. The maximum atomic E-state index is 10.7. The number of hydrogen-bond acceptors (Lipinski definition) is 3. The Morgan fingerprint density at radius 1 is 1.40 bits per heavy atom. The number of rotatable bonds is 4. The van der Waals surface area contributed by atoms with Crippen LogP contribution >= 0.6 is 27.3 Å². The maximum absolute atomic E-state index is 10.7. The molecule has 20 heavy (non-hydrogen) atoms. The Kier molecular flexibility index (Phi) is 3.92. The van der Waals surface area contributed by atoms with E-state index in [2.05, 4.69) is 46.2 Å². The van der Waals surface area contributed by atoms with Crippen LogP contribution in [-0.2, 0) is 6.54 Å². The van der Waals surface area contributed by atoms with Gasteiger partial charge in [0.2, 0.25) is 0 Å². The highest BCUT2D eigenvalue weighted by Crippen LogP contribution is 2.35. The molecule has 5 heteroatoms. The second-order valence-electron chi connectivity index (χ2n) is 4.69. The molecule has 0 spiro atoms. The Bertz CT molecular complexity index is 701. The van der Waals surface area contributed by atoms with Gasteiger partial charge in [-0.25, -0.2) is 0 Å². The second kappa shape index (κ2) is 5.68. The van der Waals surface area contributed by atoms with Crippen molar-refractivity contribution in [1.82, 2.24) is 9.78 Å². The highest BCUT2D eigenvalue weighted by molar-refractivity contribution is 9.10. The number of halogens is 1. The third kappa shape index (κ3) is 2.41. The van der Waals surface area contributed by atoms with Crippen molar-refractivity contribution in [3.8, 4) is 0 Å². The van der Waals surface area contributed by atoms with Crippen LogP contribution in [0.15, 0.2) is 41.0 Å². The molecule has 0 aliphatic carbocycles. The van der Waals surface area contributed by atoms with Gasteiger partial charge in [-0.3, -0.25) is 4.68 Å². The molecule has 0 amide bonds. The van der Waals surface area contributed by atoms with Gasteiger partial charge in [-0.15, -0.1) is 11.3 Å². The third-order valence-electron chi connectivity index (χ3n) is 3.24. The summed E-state index contributed by atoms with van der Waals surface area (Å²) in [5, 5.41) is 16.2. The zero-order chi connectivity index (χ0) is 14.1. The van der Waals surface area contributed by atoms with E-state index in [1.54, 1.807) is 17.5 Å². The molecule has 0 saturated heterocycles. The van der Waals surface area contributed by atoms with E-state index >= 15 is 0 Å². The van der Waals surface area contributed by atoms with Gasteiger partial charge in [0.05, 0.1) is 16.4 Å². The molecular formula is C15H15BrN2OS. The molecule has 1 N–H and O–H groups in total. The standard InChI is InChI=1S/C15H15BrN2OS/c1-2-7-18-14(11(16)9-17-18)15(19)13-8-10-5-3-4-6-12(10)20-13/h3-6,8-9,15,19H,2,7H2,1H3. The summed E-state index contributed by atoms with van der Waals surface area (Å²) in [7, 11) is 0. The van der Waals surface area contributed by atoms with Gasteiger partial charge < -0.3 is 5.11 Å². The Balaban J connectivity index is 2.03. The molecule has 3 aromatic rings. The van der Waals surface area contributed by atoms with E-state index in [1.807, 2.05) is 16.8 Å². The molecule has 0 fully saturated rings. The van der Waals surface area contributed by atoms with Crippen LogP contribution in [0.25, 0.3) is 10.1 Å². The number of thiophene rings is 1. The fraction of sp³-hybridized carbons (Fsp3) is 0.267. The first kappa shape index (κ1) is 13.8. The molecule has 1 unspecified atom stereocenters. The van der Waals surface area contributed by atoms with Crippen LogP contribution in [0.3, 0.4) is 0 Å². The van der Waals surface area contributed by atoms with Crippen LogP contribution in [-0.4, -0.2) is 14.9 Å². The number of nitrogens with zero attached hydrogens (tertiary/aromatic N) is 2. The number of hydrogen-bond donors (Lipinski definition) is 1. The number of fused-ring (bicyclic) bond motifs is 1. The lowest BCUT2D eigenvalue weighted by atomic mass is 10.2. The monoisotopic (exact) mass is 350 g/mol. The first-order valence-corrected chi connectivity index (χ1v) is 8.19. The number of aliphatic hydroxyl groups is 1. The minimum absolute atomic E-state index is 0.643. The topological polar surface area (TPSA) is 38.0 Å². The van der Waals surface area contributed by atoms with E-state index < -0.39 is 6.10 Å². The molecule has 3 rings (SSSR count). The van der Waals surface area contributed by atoms with E-state index in [0.29, 0.717) is 0 Å². The lowest BCUT2D eigenvalue weighted by Crippen LogP contribution is -2.09. The molecule has 0 aliphatic heterocycles. The van der Waals surface area contributed by atoms with Gasteiger partial charge >= 0.3 is 0 Å². The molecule has 1 atom stereocenters. The summed E-state index contributed by atoms with van der Waals surface area (Å²) >= 11 is 5.12. The summed E-state index contributed by atoms with van der Waals surface area (Å²) in [6.45, 7) is 2.91. The number of aromatic nitrogens is 2. The van der Waals surface area contributed by atoms with E-state index in [1.165, 1.54) is 10.1 Å². The first-order chi connectivity index (χ1) is 9.70. The van der Waals surface area contributed by atoms with Crippen molar-refractivity contribution in [2.75, 3.05) is 0 Å². The number of benzene rings is 1. The molecule has 0 bridgehead atoms. The van der Waals surface area contributed by atoms with Crippen LogP contribution in [0.1, 0.15) is 30.0 Å². The number of aryl methyl sites for hydroxylation is 1. The maximum Gasteiger partial charge on any atom is 0.131 e. The number of aliphatic hydroxyl groups excluding tert-OH is 1. The lowest BCUT2D eigenvalue weighted by Gasteiger charge is -2.12. The highest BCUT2D eigenvalue weighted by atomic mass is 79.9. The van der Waals surface area contributed by atoms with Crippen molar-refractivity contribution in [1.29, 1.82) is 0 Å². The Morgan fingerprint density at radius 3 is 2.95 bits per heavy atom. The Morgan fingerprint density at radius 2 is 2.20 bits per heavy atom. The molecular weight excluding hydrogens is 336 g/mol. The zero-order valence-corrected chi connectivity index (χ0v) is 13.5. The quantitative estimate of drug-likeness (QED) is 0.759. The van der Waals surface area contributed by atoms with E-state index in [-0.39, 0.29) is 0 Å². The third-order valence-corrected chi connectivity index (χ3v) is 5.02. The Labute approximate surface area is 130 Å². The predicted octanol–water partition coefficient (Wildman–Crippen LogP) is 4.35. The van der Waals surface area contributed by atoms with Gasteiger partial charge in [-0.05, 0) is 39.9 Å². The minimum atomic E-state index is -0.643. The average molecular weight is 351 g/mol. The van der Waals surface area contributed by atoms with Crippen LogP contribution in [0.2, 0.25) is 0 Å². The van der Waals surface area contributed by atoms with Gasteiger partial charge in [0, 0.05) is 16.1 Å². The van der Waals surface area contributed by atoms with Crippen LogP contribution in [0, 0.1) is 0 Å². The molecule has 2 heterocycles. The van der Waals surface area contributed by atoms with Crippen molar-refractivity contribution < 1.29 is 5.11 Å². The van der Waals surface area contributed by atoms with Gasteiger partial charge in [0.1, 0.15) is 6.10 Å². The first-order valence-electron chi connectivity index (χ1n) is 6.58. The smallest absolute Gasteiger partial charge is 0.131 e.